The number of ether oxygens (including phenoxy) is 1. The Morgan fingerprint density at radius 3 is 2.03 bits per heavy atom. The van der Waals surface area contributed by atoms with Crippen LogP contribution in [0.5, 0.6) is 5.75 Å². The Balaban J connectivity index is 1.88. The normalized spacial score (nSPS) is 11.5. The van der Waals surface area contributed by atoms with E-state index in [4.69, 9.17) is 4.74 Å². The molecule has 0 aromatic heterocycles. The zero-order valence-corrected chi connectivity index (χ0v) is 20.0. The number of benzene rings is 3. The SMILES string of the molecule is COc1ccc(NC(=O)/C(=C/c2ccc([N+](=O)[O-])cc2)NC(=O)c2ccc(C(C)(C)C)cc2)cc1. The monoisotopic (exact) mass is 473 g/mol. The maximum absolute atomic E-state index is 13.1. The molecule has 0 fully saturated rings. The molecule has 0 spiro atoms. The van der Waals surface area contributed by atoms with Crippen LogP contribution in [0.1, 0.15) is 42.3 Å². The van der Waals surface area contributed by atoms with Gasteiger partial charge in [0.1, 0.15) is 11.4 Å². The summed E-state index contributed by atoms with van der Waals surface area (Å²) >= 11 is 0. The quantitative estimate of drug-likeness (QED) is 0.274. The van der Waals surface area contributed by atoms with E-state index in [0.717, 1.165) is 5.56 Å². The van der Waals surface area contributed by atoms with Crippen molar-refractivity contribution in [2.45, 2.75) is 26.2 Å². The summed E-state index contributed by atoms with van der Waals surface area (Å²) in [6, 6.07) is 19.6. The van der Waals surface area contributed by atoms with Gasteiger partial charge in [0.25, 0.3) is 17.5 Å². The number of hydrogen-bond donors (Lipinski definition) is 2. The maximum atomic E-state index is 13.1. The van der Waals surface area contributed by atoms with Crippen LogP contribution in [-0.4, -0.2) is 23.8 Å². The number of nitrogens with one attached hydrogen (secondary N) is 2. The molecular weight excluding hydrogens is 446 g/mol. The second kappa shape index (κ2) is 10.6. The first kappa shape index (κ1) is 25.2. The van der Waals surface area contributed by atoms with Gasteiger partial charge in [-0.15, -0.1) is 0 Å². The molecule has 3 rings (SSSR count). The summed E-state index contributed by atoms with van der Waals surface area (Å²) in [6.45, 7) is 6.24. The zero-order valence-electron chi connectivity index (χ0n) is 20.0. The molecule has 0 saturated carbocycles. The van der Waals surface area contributed by atoms with E-state index < -0.39 is 16.7 Å². The average Bonchev–Trinajstić information content (AvgIpc) is 2.84. The van der Waals surface area contributed by atoms with Gasteiger partial charge < -0.3 is 15.4 Å². The Labute approximate surface area is 203 Å². The lowest BCUT2D eigenvalue weighted by Gasteiger charge is -2.19. The molecule has 0 atom stereocenters. The Bertz CT molecular complexity index is 1240. The van der Waals surface area contributed by atoms with E-state index in [1.54, 1.807) is 43.5 Å². The number of anilines is 1. The lowest BCUT2D eigenvalue weighted by Crippen LogP contribution is -2.30. The molecule has 8 nitrogen and oxygen atoms in total. The van der Waals surface area contributed by atoms with Gasteiger partial charge in [0, 0.05) is 23.4 Å². The van der Waals surface area contributed by atoms with E-state index in [2.05, 4.69) is 31.4 Å². The zero-order chi connectivity index (χ0) is 25.6. The van der Waals surface area contributed by atoms with E-state index in [1.165, 1.54) is 30.3 Å². The number of amides is 2. The van der Waals surface area contributed by atoms with Crippen LogP contribution in [0.15, 0.2) is 78.5 Å². The topological polar surface area (TPSA) is 111 Å². The number of rotatable bonds is 7. The van der Waals surface area contributed by atoms with Gasteiger partial charge in [0.2, 0.25) is 0 Å². The third kappa shape index (κ3) is 6.77. The minimum atomic E-state index is -0.548. The standard InChI is InChI=1S/C27H27N3O5/c1-27(2,3)20-9-7-19(8-10-20)25(31)29-24(17-18-5-13-22(14-6-18)30(33)34)26(32)28-21-11-15-23(35-4)16-12-21/h5-17H,1-4H3,(H,28,32)(H,29,31)/b24-17-. The van der Waals surface area contributed by atoms with E-state index in [1.807, 2.05) is 12.1 Å². The van der Waals surface area contributed by atoms with E-state index in [-0.39, 0.29) is 16.8 Å². The lowest BCUT2D eigenvalue weighted by molar-refractivity contribution is -0.384. The molecule has 0 aliphatic heterocycles. The number of nitro groups is 1. The molecule has 8 heteroatoms. The van der Waals surface area contributed by atoms with Crippen molar-refractivity contribution in [3.05, 3.63) is 105 Å². The van der Waals surface area contributed by atoms with Crippen molar-refractivity contribution in [2.24, 2.45) is 0 Å². The molecule has 2 amide bonds. The third-order valence-electron chi connectivity index (χ3n) is 5.27. The summed E-state index contributed by atoms with van der Waals surface area (Å²) in [5.41, 5.74) is 2.34. The van der Waals surface area contributed by atoms with Crippen LogP contribution in [0, 0.1) is 10.1 Å². The van der Waals surface area contributed by atoms with Crippen LogP contribution < -0.4 is 15.4 Å². The number of carbonyl (C=O) groups is 2. The summed E-state index contributed by atoms with van der Waals surface area (Å²) in [5.74, 6) is -0.367. The highest BCUT2D eigenvalue weighted by molar-refractivity contribution is 6.10. The first-order valence-electron chi connectivity index (χ1n) is 10.9. The summed E-state index contributed by atoms with van der Waals surface area (Å²) in [6.07, 6.45) is 1.46. The van der Waals surface area contributed by atoms with Crippen LogP contribution >= 0.6 is 0 Å². The Morgan fingerprint density at radius 1 is 0.914 bits per heavy atom. The predicted octanol–water partition coefficient (Wildman–Crippen LogP) is 5.31. The van der Waals surface area contributed by atoms with Crippen molar-refractivity contribution >= 4 is 29.3 Å². The minimum Gasteiger partial charge on any atom is -0.497 e. The van der Waals surface area contributed by atoms with Gasteiger partial charge in [-0.1, -0.05) is 32.9 Å². The van der Waals surface area contributed by atoms with E-state index in [9.17, 15) is 19.7 Å². The van der Waals surface area contributed by atoms with Gasteiger partial charge in [0.15, 0.2) is 0 Å². The average molecular weight is 474 g/mol. The van der Waals surface area contributed by atoms with Crippen LogP contribution in [0.25, 0.3) is 6.08 Å². The smallest absolute Gasteiger partial charge is 0.272 e. The van der Waals surface area contributed by atoms with Crippen LogP contribution in [0.4, 0.5) is 11.4 Å². The predicted molar refractivity (Wildman–Crippen MR) is 135 cm³/mol. The third-order valence-corrected chi connectivity index (χ3v) is 5.27. The van der Waals surface area contributed by atoms with Gasteiger partial charge >= 0.3 is 0 Å². The molecule has 180 valence electrons. The summed E-state index contributed by atoms with van der Waals surface area (Å²) < 4.78 is 5.13. The highest BCUT2D eigenvalue weighted by atomic mass is 16.6. The highest BCUT2D eigenvalue weighted by Crippen LogP contribution is 2.22. The summed E-state index contributed by atoms with van der Waals surface area (Å²) in [5, 5.41) is 16.4. The fourth-order valence-corrected chi connectivity index (χ4v) is 3.21. The number of hydrogen-bond acceptors (Lipinski definition) is 5. The Morgan fingerprint density at radius 2 is 1.51 bits per heavy atom. The molecule has 3 aromatic carbocycles. The van der Waals surface area contributed by atoms with Crippen LogP contribution in [0.2, 0.25) is 0 Å². The van der Waals surface area contributed by atoms with Crippen LogP contribution in [0.3, 0.4) is 0 Å². The number of carbonyl (C=O) groups excluding carboxylic acids is 2. The van der Waals surface area contributed by atoms with Crippen molar-refractivity contribution in [3.63, 3.8) is 0 Å². The lowest BCUT2D eigenvalue weighted by atomic mass is 9.87. The first-order chi connectivity index (χ1) is 16.6. The summed E-state index contributed by atoms with van der Waals surface area (Å²) in [4.78, 5) is 36.5. The number of non-ortho nitro benzene ring substituents is 1. The van der Waals surface area contributed by atoms with E-state index >= 15 is 0 Å². The molecule has 0 heterocycles. The Hall–Kier alpha value is -4.46. The van der Waals surface area contributed by atoms with Crippen LogP contribution in [-0.2, 0) is 10.2 Å². The van der Waals surface area contributed by atoms with Gasteiger partial charge in [-0.2, -0.15) is 0 Å². The number of nitro benzene ring substituents is 1. The molecule has 0 bridgehead atoms. The first-order valence-corrected chi connectivity index (χ1v) is 10.9. The fourth-order valence-electron chi connectivity index (χ4n) is 3.21. The van der Waals surface area contributed by atoms with Crippen molar-refractivity contribution in [3.8, 4) is 5.75 Å². The second-order valence-corrected chi connectivity index (χ2v) is 8.87. The largest absolute Gasteiger partial charge is 0.497 e. The van der Waals surface area contributed by atoms with Crippen molar-refractivity contribution in [1.29, 1.82) is 0 Å². The molecule has 3 aromatic rings. The molecule has 2 N–H and O–H groups in total. The molecular formula is C27H27N3O5. The summed E-state index contributed by atoms with van der Waals surface area (Å²) in [7, 11) is 1.54. The number of methoxy groups -OCH3 is 1. The van der Waals surface area contributed by atoms with E-state index in [0.29, 0.717) is 22.6 Å². The fraction of sp³-hybridized carbons (Fsp3) is 0.185. The second-order valence-electron chi connectivity index (χ2n) is 8.87. The van der Waals surface area contributed by atoms with Gasteiger partial charge in [-0.25, -0.2) is 0 Å². The molecule has 0 aliphatic rings. The minimum absolute atomic E-state index is 0.0143. The molecule has 0 aliphatic carbocycles. The van der Waals surface area contributed by atoms with Crippen molar-refractivity contribution in [1.82, 2.24) is 5.32 Å². The van der Waals surface area contributed by atoms with Gasteiger partial charge in [-0.3, -0.25) is 19.7 Å². The molecule has 35 heavy (non-hydrogen) atoms. The van der Waals surface area contributed by atoms with Gasteiger partial charge in [0.05, 0.1) is 12.0 Å². The molecule has 0 radical (unpaired) electrons. The Kier molecular flexibility index (Phi) is 7.66. The highest BCUT2D eigenvalue weighted by Gasteiger charge is 2.18. The van der Waals surface area contributed by atoms with Crippen molar-refractivity contribution < 1.29 is 19.2 Å². The van der Waals surface area contributed by atoms with Crippen molar-refractivity contribution in [2.75, 3.05) is 12.4 Å². The molecule has 0 unspecified atom stereocenters. The molecule has 0 saturated heterocycles. The maximum Gasteiger partial charge on any atom is 0.272 e. The number of nitrogens with zero attached hydrogens (tertiary/aromatic N) is 1. The van der Waals surface area contributed by atoms with Gasteiger partial charge in [-0.05, 0) is 71.1 Å².